The van der Waals surface area contributed by atoms with E-state index >= 15 is 0 Å². The molecule has 1 aliphatic rings. The normalized spacial score (nSPS) is 25.8. The van der Waals surface area contributed by atoms with Gasteiger partial charge in [0.25, 0.3) is 0 Å². The van der Waals surface area contributed by atoms with Crippen molar-refractivity contribution in [1.82, 2.24) is 0 Å². The van der Waals surface area contributed by atoms with E-state index in [1.807, 2.05) is 0 Å². The van der Waals surface area contributed by atoms with E-state index in [4.69, 9.17) is 4.74 Å². The van der Waals surface area contributed by atoms with Gasteiger partial charge in [-0.3, -0.25) is 0 Å². The molecular weight excluding hydrogens is 308 g/mol. The van der Waals surface area contributed by atoms with Gasteiger partial charge in [0.05, 0.1) is 17.6 Å². The first-order valence-electron chi connectivity index (χ1n) is 5.27. The second kappa shape index (κ2) is 5.06. The lowest BCUT2D eigenvalue weighted by atomic mass is 10.1. The van der Waals surface area contributed by atoms with Gasteiger partial charge in [0.15, 0.2) is 9.84 Å². The molecule has 1 aliphatic heterocycles. The van der Waals surface area contributed by atoms with Crippen molar-refractivity contribution in [2.45, 2.75) is 22.7 Å². The molecule has 1 aromatic carbocycles. The molecule has 0 radical (unpaired) electrons. The van der Waals surface area contributed by atoms with Crippen LogP contribution in [-0.4, -0.2) is 38.1 Å². The summed E-state index contributed by atoms with van der Waals surface area (Å²) in [6.45, 7) is 0.465. The van der Waals surface area contributed by atoms with Crippen molar-refractivity contribution in [1.29, 1.82) is 0 Å². The van der Waals surface area contributed by atoms with E-state index < -0.39 is 21.2 Å². The summed E-state index contributed by atoms with van der Waals surface area (Å²) in [4.78, 5) is 0.218. The molecule has 0 bridgehead atoms. The number of hydrogen-bond donors (Lipinski definition) is 1. The first-order chi connectivity index (χ1) is 8.01. The van der Waals surface area contributed by atoms with Crippen LogP contribution in [0.3, 0.4) is 0 Å². The van der Waals surface area contributed by atoms with Crippen LogP contribution in [0.5, 0.6) is 0 Å². The largest absolute Gasteiger partial charge is 0.392 e. The maximum absolute atomic E-state index is 12.3. The Hall–Kier alpha value is -0.430. The van der Waals surface area contributed by atoms with Gasteiger partial charge in [-0.1, -0.05) is 15.9 Å². The van der Waals surface area contributed by atoms with Crippen LogP contribution >= 0.6 is 15.9 Å². The topological polar surface area (TPSA) is 63.6 Å². The van der Waals surface area contributed by atoms with Crippen molar-refractivity contribution in [3.63, 3.8) is 0 Å². The molecule has 0 saturated carbocycles. The highest BCUT2D eigenvalue weighted by molar-refractivity contribution is 9.10. The zero-order chi connectivity index (χ0) is 12.5. The summed E-state index contributed by atoms with van der Waals surface area (Å²) >= 11 is 3.25. The zero-order valence-corrected chi connectivity index (χ0v) is 11.4. The Bertz CT molecular complexity index is 483. The molecule has 2 unspecified atom stereocenters. The van der Waals surface area contributed by atoms with Gasteiger partial charge in [0, 0.05) is 11.1 Å². The minimum atomic E-state index is -3.52. The minimum Gasteiger partial charge on any atom is -0.392 e. The molecule has 2 rings (SSSR count). The monoisotopic (exact) mass is 320 g/mol. The predicted molar refractivity (Wildman–Crippen MR) is 66.6 cm³/mol. The standard InChI is InChI=1S/C11H13BrO4S/c12-8-1-3-9(4-2-8)17(14,15)11-7-16-6-5-10(11)13/h1-4,10-11,13H,5-7H2. The summed E-state index contributed by atoms with van der Waals surface area (Å²) in [7, 11) is -3.52. The van der Waals surface area contributed by atoms with Gasteiger partial charge >= 0.3 is 0 Å². The summed E-state index contributed by atoms with van der Waals surface area (Å²) in [6.07, 6.45) is -0.488. The number of aliphatic hydroxyl groups excluding tert-OH is 1. The lowest BCUT2D eigenvalue weighted by Crippen LogP contribution is -2.42. The van der Waals surface area contributed by atoms with E-state index in [0.29, 0.717) is 13.0 Å². The Morgan fingerprint density at radius 2 is 1.94 bits per heavy atom. The van der Waals surface area contributed by atoms with Crippen molar-refractivity contribution in [3.05, 3.63) is 28.7 Å². The number of rotatable bonds is 2. The van der Waals surface area contributed by atoms with E-state index in [9.17, 15) is 13.5 Å². The van der Waals surface area contributed by atoms with Crippen LogP contribution in [0.4, 0.5) is 0 Å². The minimum absolute atomic E-state index is 0.0551. The lowest BCUT2D eigenvalue weighted by molar-refractivity contribution is 0.0175. The summed E-state index contributed by atoms with van der Waals surface area (Å²) < 4.78 is 30.5. The molecule has 1 saturated heterocycles. The fraction of sp³-hybridized carbons (Fsp3) is 0.455. The molecular formula is C11H13BrO4S. The van der Waals surface area contributed by atoms with Gasteiger partial charge in [-0.15, -0.1) is 0 Å². The van der Waals surface area contributed by atoms with Crippen LogP contribution in [0.1, 0.15) is 6.42 Å². The van der Waals surface area contributed by atoms with Gasteiger partial charge in [-0.2, -0.15) is 0 Å². The number of hydrogen-bond acceptors (Lipinski definition) is 4. The number of benzene rings is 1. The SMILES string of the molecule is O=S(=O)(c1ccc(Br)cc1)C1COCCC1O. The summed E-state index contributed by atoms with van der Waals surface area (Å²) in [5, 5.41) is 8.89. The molecule has 0 aromatic heterocycles. The molecule has 1 aromatic rings. The average Bonchev–Trinajstić information content (AvgIpc) is 2.30. The highest BCUT2D eigenvalue weighted by atomic mass is 79.9. The van der Waals surface area contributed by atoms with Gasteiger partial charge in [-0.25, -0.2) is 8.42 Å². The molecule has 0 amide bonds. The molecule has 1 fully saturated rings. The molecule has 2 atom stereocenters. The number of ether oxygens (including phenoxy) is 1. The van der Waals surface area contributed by atoms with Crippen LogP contribution in [0.25, 0.3) is 0 Å². The smallest absolute Gasteiger partial charge is 0.186 e. The van der Waals surface area contributed by atoms with Crippen LogP contribution in [0, 0.1) is 0 Å². The van der Waals surface area contributed by atoms with Gasteiger partial charge < -0.3 is 9.84 Å². The first kappa shape index (κ1) is 13.0. The molecule has 0 spiro atoms. The highest BCUT2D eigenvalue weighted by Crippen LogP contribution is 2.24. The third-order valence-electron chi connectivity index (χ3n) is 2.81. The first-order valence-corrected chi connectivity index (χ1v) is 7.61. The van der Waals surface area contributed by atoms with Gasteiger partial charge in [0.2, 0.25) is 0 Å². The van der Waals surface area contributed by atoms with Crippen molar-refractivity contribution >= 4 is 25.8 Å². The second-order valence-electron chi connectivity index (χ2n) is 3.97. The quantitative estimate of drug-likeness (QED) is 0.894. The van der Waals surface area contributed by atoms with E-state index in [1.165, 1.54) is 12.1 Å². The Morgan fingerprint density at radius 1 is 1.29 bits per heavy atom. The molecule has 17 heavy (non-hydrogen) atoms. The molecule has 1 N–H and O–H groups in total. The van der Waals surface area contributed by atoms with E-state index in [1.54, 1.807) is 12.1 Å². The van der Waals surface area contributed by atoms with E-state index in [2.05, 4.69) is 15.9 Å². The molecule has 0 aliphatic carbocycles. The Balaban J connectivity index is 2.32. The number of halogens is 1. The van der Waals surface area contributed by atoms with Crippen molar-refractivity contribution in [2.24, 2.45) is 0 Å². The highest BCUT2D eigenvalue weighted by Gasteiger charge is 2.36. The van der Waals surface area contributed by atoms with Crippen molar-refractivity contribution in [2.75, 3.05) is 13.2 Å². The third-order valence-corrected chi connectivity index (χ3v) is 5.52. The van der Waals surface area contributed by atoms with Crippen molar-refractivity contribution < 1.29 is 18.3 Å². The Morgan fingerprint density at radius 3 is 2.53 bits per heavy atom. The van der Waals surface area contributed by atoms with Crippen LogP contribution in [0.2, 0.25) is 0 Å². The summed E-state index contributed by atoms with van der Waals surface area (Å²) in [5.41, 5.74) is 0. The van der Waals surface area contributed by atoms with E-state index in [0.717, 1.165) is 4.47 Å². The molecule has 1 heterocycles. The number of aliphatic hydroxyl groups is 1. The fourth-order valence-corrected chi connectivity index (χ4v) is 3.75. The average molecular weight is 321 g/mol. The van der Waals surface area contributed by atoms with Gasteiger partial charge in [0.1, 0.15) is 5.25 Å². The van der Waals surface area contributed by atoms with Crippen LogP contribution in [0.15, 0.2) is 33.6 Å². The fourth-order valence-electron chi connectivity index (χ4n) is 1.80. The van der Waals surface area contributed by atoms with E-state index in [-0.39, 0.29) is 11.5 Å². The van der Waals surface area contributed by atoms with Crippen LogP contribution < -0.4 is 0 Å². The van der Waals surface area contributed by atoms with Crippen molar-refractivity contribution in [3.8, 4) is 0 Å². The third kappa shape index (κ3) is 2.70. The molecule has 6 heteroatoms. The van der Waals surface area contributed by atoms with Crippen LogP contribution in [-0.2, 0) is 14.6 Å². The summed E-state index contributed by atoms with van der Waals surface area (Å²) in [6, 6.07) is 6.40. The maximum atomic E-state index is 12.3. The Labute approximate surface area is 109 Å². The Kier molecular flexibility index (Phi) is 3.87. The molecule has 94 valence electrons. The predicted octanol–water partition coefficient (Wildman–Crippen LogP) is 1.37. The van der Waals surface area contributed by atoms with Gasteiger partial charge in [-0.05, 0) is 30.7 Å². The zero-order valence-electron chi connectivity index (χ0n) is 9.04. The lowest BCUT2D eigenvalue weighted by Gasteiger charge is -2.27. The molecule has 4 nitrogen and oxygen atoms in total. The summed E-state index contributed by atoms with van der Waals surface area (Å²) in [5.74, 6) is 0. The maximum Gasteiger partial charge on any atom is 0.186 e. The number of sulfone groups is 1. The second-order valence-corrected chi connectivity index (χ2v) is 7.05.